The molecule has 0 radical (unpaired) electrons. The molecule has 1 aliphatic carbocycles. The Morgan fingerprint density at radius 2 is 2.50 bits per heavy atom. The van der Waals surface area contributed by atoms with Crippen LogP contribution in [0.25, 0.3) is 0 Å². The van der Waals surface area contributed by atoms with Crippen LogP contribution in [0.2, 0.25) is 6.55 Å². The van der Waals surface area contributed by atoms with E-state index in [9.17, 15) is 0 Å². The normalized spacial score (nSPS) is 16.9. The zero-order valence-corrected chi connectivity index (χ0v) is 7.06. The summed E-state index contributed by atoms with van der Waals surface area (Å²) in [5, 5.41) is 1.69. The van der Waals surface area contributed by atoms with Crippen LogP contribution in [0, 0.1) is 0 Å². The number of hydrogen-bond acceptors (Lipinski definition) is 0. The van der Waals surface area contributed by atoms with Gasteiger partial charge in [0, 0.05) is 9.52 Å². The molecule has 0 aromatic heterocycles. The SMILES string of the molecule is C[SiH2]C1=CC=CC1.[H-].[Li+]. The van der Waals surface area contributed by atoms with Gasteiger partial charge >= 0.3 is 18.9 Å². The summed E-state index contributed by atoms with van der Waals surface area (Å²) in [5.74, 6) is 0. The summed E-state index contributed by atoms with van der Waals surface area (Å²) >= 11 is 0. The quantitative estimate of drug-likeness (QED) is 0.355. The van der Waals surface area contributed by atoms with Crippen LogP contribution in [0.15, 0.2) is 23.4 Å². The molecule has 1 rings (SSSR count). The molecule has 0 nitrogen and oxygen atoms in total. The summed E-state index contributed by atoms with van der Waals surface area (Å²) < 4.78 is 0. The zero-order chi connectivity index (χ0) is 5.11. The van der Waals surface area contributed by atoms with Gasteiger partial charge in [-0.25, -0.2) is 0 Å². The van der Waals surface area contributed by atoms with Crippen molar-refractivity contribution in [3.63, 3.8) is 0 Å². The molecule has 2 heteroatoms. The minimum absolute atomic E-state index is 0. The molecule has 1 aliphatic rings. The Labute approximate surface area is 66.5 Å². The van der Waals surface area contributed by atoms with Crippen molar-refractivity contribution < 1.29 is 20.3 Å². The van der Waals surface area contributed by atoms with E-state index in [2.05, 4.69) is 24.8 Å². The van der Waals surface area contributed by atoms with E-state index in [4.69, 9.17) is 0 Å². The van der Waals surface area contributed by atoms with E-state index in [-0.39, 0.29) is 29.8 Å². The molecule has 40 valence electrons. The molecule has 0 atom stereocenters. The molecule has 0 spiro atoms. The van der Waals surface area contributed by atoms with Gasteiger partial charge in [-0.3, -0.25) is 0 Å². The third kappa shape index (κ3) is 2.04. The first-order valence-electron chi connectivity index (χ1n) is 2.78. The van der Waals surface area contributed by atoms with Gasteiger partial charge in [0.05, 0.1) is 0 Å². The van der Waals surface area contributed by atoms with Gasteiger partial charge in [0.1, 0.15) is 0 Å². The maximum atomic E-state index is 2.33. The molecular formula is C6H11LiSi. The molecule has 0 aromatic rings. The minimum Gasteiger partial charge on any atom is -1.00 e. The Morgan fingerprint density at radius 3 is 2.75 bits per heavy atom. The van der Waals surface area contributed by atoms with E-state index in [0.29, 0.717) is 0 Å². The molecule has 0 bridgehead atoms. The van der Waals surface area contributed by atoms with Gasteiger partial charge in [-0.2, -0.15) is 0 Å². The van der Waals surface area contributed by atoms with E-state index in [1.165, 1.54) is 6.42 Å². The van der Waals surface area contributed by atoms with Gasteiger partial charge in [-0.15, -0.1) is 0 Å². The predicted molar refractivity (Wildman–Crippen MR) is 37.4 cm³/mol. The molecule has 0 heterocycles. The first-order valence-corrected chi connectivity index (χ1v) is 4.90. The number of rotatable bonds is 1. The third-order valence-electron chi connectivity index (χ3n) is 1.30. The molecule has 0 N–H and O–H groups in total. The third-order valence-corrected chi connectivity index (χ3v) is 2.73. The Bertz CT molecular complexity index is 120. The first-order chi connectivity index (χ1) is 3.43. The maximum absolute atomic E-state index is 2.33. The minimum atomic E-state index is 0. The molecule has 8 heavy (non-hydrogen) atoms. The maximum Gasteiger partial charge on any atom is 1.00 e. The van der Waals surface area contributed by atoms with Crippen molar-refractivity contribution in [2.75, 3.05) is 0 Å². The zero-order valence-electron chi connectivity index (χ0n) is 6.65. The Kier molecular flexibility index (Phi) is 4.36. The van der Waals surface area contributed by atoms with Gasteiger partial charge in [0.2, 0.25) is 0 Å². The second-order valence-electron chi connectivity index (χ2n) is 1.81. The monoisotopic (exact) mass is 118 g/mol. The van der Waals surface area contributed by atoms with Crippen molar-refractivity contribution in [3.8, 4) is 0 Å². The largest absolute Gasteiger partial charge is 1.00 e. The van der Waals surface area contributed by atoms with Gasteiger partial charge in [-0.1, -0.05) is 30.0 Å². The van der Waals surface area contributed by atoms with E-state index in [1.807, 2.05) is 0 Å². The van der Waals surface area contributed by atoms with Gasteiger partial charge in [-0.05, 0) is 6.42 Å². The van der Waals surface area contributed by atoms with Crippen LogP contribution in [0.3, 0.4) is 0 Å². The summed E-state index contributed by atoms with van der Waals surface area (Å²) in [4.78, 5) is 0. The van der Waals surface area contributed by atoms with Crippen LogP contribution in [0.5, 0.6) is 0 Å². The van der Waals surface area contributed by atoms with Crippen molar-refractivity contribution in [3.05, 3.63) is 23.4 Å². The predicted octanol–water partition coefficient (Wildman–Crippen LogP) is -1.84. The molecular weight excluding hydrogens is 107 g/mol. The molecule has 0 amide bonds. The van der Waals surface area contributed by atoms with E-state index < -0.39 is 0 Å². The number of hydrogen-bond donors (Lipinski definition) is 0. The second kappa shape index (κ2) is 4.20. The van der Waals surface area contributed by atoms with Gasteiger partial charge in [0.15, 0.2) is 0 Å². The molecule has 0 aromatic carbocycles. The van der Waals surface area contributed by atoms with E-state index in [1.54, 1.807) is 5.20 Å². The summed E-state index contributed by atoms with van der Waals surface area (Å²) in [5.41, 5.74) is 0. The standard InChI is InChI=1S/C6H10Si.Li.H/c1-7-6-4-2-3-5-6;;/h2-4H,5,7H2,1H3;;/q;+1;-1. The fraction of sp³-hybridized carbons (Fsp3) is 0.333. The van der Waals surface area contributed by atoms with Crippen molar-refractivity contribution in [2.45, 2.75) is 13.0 Å². The summed E-state index contributed by atoms with van der Waals surface area (Å²) in [6.45, 7) is 2.33. The fourth-order valence-corrected chi connectivity index (χ4v) is 1.58. The van der Waals surface area contributed by atoms with E-state index >= 15 is 0 Å². The van der Waals surface area contributed by atoms with Crippen LogP contribution in [-0.4, -0.2) is 9.52 Å². The Balaban J connectivity index is 0. The van der Waals surface area contributed by atoms with Crippen LogP contribution >= 0.6 is 0 Å². The van der Waals surface area contributed by atoms with Crippen molar-refractivity contribution >= 4 is 9.52 Å². The van der Waals surface area contributed by atoms with Gasteiger partial charge < -0.3 is 1.43 Å². The van der Waals surface area contributed by atoms with Crippen LogP contribution in [0.1, 0.15) is 7.85 Å². The average Bonchev–Trinajstić information content (AvgIpc) is 2.14. The fourth-order valence-electron chi connectivity index (χ4n) is 0.754. The molecule has 0 fully saturated rings. The summed E-state index contributed by atoms with van der Waals surface area (Å²) in [6.07, 6.45) is 7.90. The molecule has 0 saturated carbocycles. The van der Waals surface area contributed by atoms with Crippen molar-refractivity contribution in [1.29, 1.82) is 0 Å². The molecule has 0 saturated heterocycles. The first kappa shape index (κ1) is 8.29. The average molecular weight is 118 g/mol. The molecule has 0 aliphatic heterocycles. The van der Waals surface area contributed by atoms with E-state index in [0.717, 1.165) is 0 Å². The smallest absolute Gasteiger partial charge is 1.00 e. The van der Waals surface area contributed by atoms with Crippen molar-refractivity contribution in [1.82, 2.24) is 0 Å². The number of allylic oxidation sites excluding steroid dienone is 4. The Hall–Kier alpha value is 0.294. The topological polar surface area (TPSA) is 0 Å². The Morgan fingerprint density at radius 1 is 1.75 bits per heavy atom. The second-order valence-corrected chi connectivity index (χ2v) is 3.43. The van der Waals surface area contributed by atoms with Crippen LogP contribution in [-0.2, 0) is 0 Å². The van der Waals surface area contributed by atoms with Gasteiger partial charge in [0.25, 0.3) is 0 Å². The molecule has 0 unspecified atom stereocenters. The van der Waals surface area contributed by atoms with Crippen molar-refractivity contribution in [2.24, 2.45) is 0 Å². The summed E-state index contributed by atoms with van der Waals surface area (Å²) in [7, 11) is 0.189. The van der Waals surface area contributed by atoms with Crippen LogP contribution in [0.4, 0.5) is 0 Å². The summed E-state index contributed by atoms with van der Waals surface area (Å²) in [6, 6.07) is 0. The van der Waals surface area contributed by atoms with Crippen LogP contribution < -0.4 is 18.9 Å².